The van der Waals surface area contributed by atoms with Crippen molar-refractivity contribution in [2.45, 2.75) is 110 Å². The lowest BCUT2D eigenvalue weighted by atomic mass is 9.86. The summed E-state index contributed by atoms with van der Waals surface area (Å²) in [7, 11) is 1.24. The molecule has 9 heteroatoms. The molecule has 9 nitrogen and oxygen atoms in total. The van der Waals surface area contributed by atoms with Crippen molar-refractivity contribution in [2.75, 3.05) is 7.11 Å². The number of ether oxygens (including phenoxy) is 4. The van der Waals surface area contributed by atoms with Crippen LogP contribution in [0.2, 0.25) is 0 Å². The molecular weight excluding hydrogens is 478 g/mol. The van der Waals surface area contributed by atoms with Crippen molar-refractivity contribution in [3.05, 3.63) is 23.8 Å². The standard InChI is InChI=1S/C28H43NO8/c1-6-9-12-24(30)35-20(4)18-28(29,27(33)34-5)19-21-15-16-22(36-25(31)13-10-7-2)23(17-21)37-26(32)14-11-8-3/h15-17,20H,6-14,18-19,29H2,1-5H3/t20?,28-/m1/s1. The summed E-state index contributed by atoms with van der Waals surface area (Å²) in [5.41, 5.74) is 5.54. The van der Waals surface area contributed by atoms with Gasteiger partial charge in [0.15, 0.2) is 11.5 Å². The molecule has 37 heavy (non-hydrogen) atoms. The zero-order valence-corrected chi connectivity index (χ0v) is 22.9. The summed E-state index contributed by atoms with van der Waals surface area (Å²) in [4.78, 5) is 49.3. The van der Waals surface area contributed by atoms with Gasteiger partial charge >= 0.3 is 23.9 Å². The second-order valence-corrected chi connectivity index (χ2v) is 9.37. The van der Waals surface area contributed by atoms with Gasteiger partial charge in [-0.2, -0.15) is 0 Å². The summed E-state index contributed by atoms with van der Waals surface area (Å²) in [5, 5.41) is 0. The van der Waals surface area contributed by atoms with Gasteiger partial charge in [0, 0.05) is 32.1 Å². The molecule has 0 aliphatic heterocycles. The Kier molecular flexibility index (Phi) is 14.5. The number of rotatable bonds is 17. The molecule has 0 aliphatic carbocycles. The van der Waals surface area contributed by atoms with Crippen LogP contribution in [-0.2, 0) is 35.1 Å². The van der Waals surface area contributed by atoms with Crippen molar-refractivity contribution in [1.82, 2.24) is 0 Å². The Balaban J connectivity index is 3.17. The predicted molar refractivity (Wildman–Crippen MR) is 139 cm³/mol. The molecule has 2 N–H and O–H groups in total. The molecule has 0 aliphatic rings. The molecule has 0 amide bonds. The third kappa shape index (κ3) is 11.8. The summed E-state index contributed by atoms with van der Waals surface area (Å²) in [6, 6.07) is 4.70. The molecule has 208 valence electrons. The Hall–Kier alpha value is -2.94. The quantitative estimate of drug-likeness (QED) is 0.227. The van der Waals surface area contributed by atoms with Crippen LogP contribution in [0.3, 0.4) is 0 Å². The van der Waals surface area contributed by atoms with Gasteiger partial charge in [0.2, 0.25) is 0 Å². The van der Waals surface area contributed by atoms with Crippen molar-refractivity contribution in [2.24, 2.45) is 5.73 Å². The number of unbranched alkanes of at least 4 members (excludes halogenated alkanes) is 3. The van der Waals surface area contributed by atoms with Gasteiger partial charge in [0.25, 0.3) is 0 Å². The van der Waals surface area contributed by atoms with E-state index >= 15 is 0 Å². The molecule has 0 spiro atoms. The fourth-order valence-electron chi connectivity index (χ4n) is 3.77. The van der Waals surface area contributed by atoms with Gasteiger partial charge in [-0.3, -0.25) is 19.2 Å². The topological polar surface area (TPSA) is 131 Å². The molecule has 0 fully saturated rings. The Morgan fingerprint density at radius 3 is 1.86 bits per heavy atom. The number of esters is 4. The number of hydrogen-bond acceptors (Lipinski definition) is 9. The van der Waals surface area contributed by atoms with Crippen molar-refractivity contribution in [1.29, 1.82) is 0 Å². The van der Waals surface area contributed by atoms with E-state index in [1.165, 1.54) is 19.2 Å². The molecule has 1 unspecified atom stereocenters. The number of nitrogens with two attached hydrogens (primary N) is 1. The Bertz CT molecular complexity index is 900. The third-order valence-electron chi connectivity index (χ3n) is 5.75. The first kappa shape index (κ1) is 32.1. The predicted octanol–water partition coefficient (Wildman–Crippen LogP) is 4.80. The number of methoxy groups -OCH3 is 1. The highest BCUT2D eigenvalue weighted by Crippen LogP contribution is 2.32. The second-order valence-electron chi connectivity index (χ2n) is 9.37. The number of carbonyl (C=O) groups excluding carboxylic acids is 4. The van der Waals surface area contributed by atoms with E-state index < -0.39 is 29.6 Å². The maximum absolute atomic E-state index is 12.7. The van der Waals surface area contributed by atoms with Crippen LogP contribution in [0.4, 0.5) is 0 Å². The summed E-state index contributed by atoms with van der Waals surface area (Å²) < 4.78 is 21.4. The van der Waals surface area contributed by atoms with E-state index in [9.17, 15) is 19.2 Å². The lowest BCUT2D eigenvalue weighted by Crippen LogP contribution is -2.53. The Morgan fingerprint density at radius 2 is 1.35 bits per heavy atom. The highest BCUT2D eigenvalue weighted by Gasteiger charge is 2.38. The van der Waals surface area contributed by atoms with Crippen LogP contribution in [-0.4, -0.2) is 42.6 Å². The van der Waals surface area contributed by atoms with Crippen LogP contribution in [0.15, 0.2) is 18.2 Å². The molecule has 0 saturated heterocycles. The van der Waals surface area contributed by atoms with Crippen LogP contribution >= 0.6 is 0 Å². The van der Waals surface area contributed by atoms with Gasteiger partial charge in [-0.1, -0.05) is 46.1 Å². The van der Waals surface area contributed by atoms with Gasteiger partial charge in [-0.25, -0.2) is 0 Å². The molecule has 1 aromatic carbocycles. The fourth-order valence-corrected chi connectivity index (χ4v) is 3.77. The summed E-state index contributed by atoms with van der Waals surface area (Å²) >= 11 is 0. The minimum absolute atomic E-state index is 0.0140. The molecule has 2 atom stereocenters. The highest BCUT2D eigenvalue weighted by molar-refractivity contribution is 5.81. The highest BCUT2D eigenvalue weighted by atomic mass is 16.6. The van der Waals surface area contributed by atoms with Crippen molar-refractivity contribution in [3.63, 3.8) is 0 Å². The summed E-state index contributed by atoms with van der Waals surface area (Å²) in [5.74, 6) is -1.70. The normalized spacial score (nSPS) is 13.2. The van der Waals surface area contributed by atoms with Crippen molar-refractivity contribution < 1.29 is 38.1 Å². The summed E-state index contributed by atoms with van der Waals surface area (Å²) in [6.45, 7) is 7.58. The molecule has 0 bridgehead atoms. The molecule has 1 rings (SSSR count). The van der Waals surface area contributed by atoms with Gasteiger partial charge in [0.05, 0.1) is 7.11 Å². The van der Waals surface area contributed by atoms with Crippen LogP contribution in [0.25, 0.3) is 0 Å². The first-order valence-electron chi connectivity index (χ1n) is 13.2. The largest absolute Gasteiger partial charge is 0.468 e. The van der Waals surface area contributed by atoms with E-state index in [0.29, 0.717) is 31.2 Å². The third-order valence-corrected chi connectivity index (χ3v) is 5.75. The molecule has 0 radical (unpaired) electrons. The first-order valence-corrected chi connectivity index (χ1v) is 13.2. The maximum atomic E-state index is 12.7. The van der Waals surface area contributed by atoms with E-state index in [1.807, 2.05) is 20.8 Å². The van der Waals surface area contributed by atoms with E-state index in [4.69, 9.17) is 24.7 Å². The van der Waals surface area contributed by atoms with E-state index in [-0.39, 0.29) is 43.2 Å². The zero-order valence-electron chi connectivity index (χ0n) is 22.9. The van der Waals surface area contributed by atoms with E-state index in [1.54, 1.807) is 13.0 Å². The zero-order chi connectivity index (χ0) is 27.8. The van der Waals surface area contributed by atoms with Gasteiger partial charge in [-0.15, -0.1) is 0 Å². The van der Waals surface area contributed by atoms with Crippen molar-refractivity contribution in [3.8, 4) is 11.5 Å². The van der Waals surface area contributed by atoms with Crippen LogP contribution in [0, 0.1) is 0 Å². The van der Waals surface area contributed by atoms with E-state index in [2.05, 4.69) is 0 Å². The maximum Gasteiger partial charge on any atom is 0.326 e. The number of benzene rings is 1. The molecular formula is C28H43NO8. The lowest BCUT2D eigenvalue weighted by Gasteiger charge is -2.29. The molecule has 0 aromatic heterocycles. The van der Waals surface area contributed by atoms with Crippen LogP contribution in [0.1, 0.15) is 97.5 Å². The molecule has 0 saturated carbocycles. The lowest BCUT2D eigenvalue weighted by molar-refractivity contribution is -0.155. The van der Waals surface area contributed by atoms with Crippen molar-refractivity contribution >= 4 is 23.9 Å². The average Bonchev–Trinajstić information content (AvgIpc) is 2.85. The van der Waals surface area contributed by atoms with Gasteiger partial charge < -0.3 is 24.7 Å². The number of carbonyl (C=O) groups is 4. The van der Waals surface area contributed by atoms with Crippen LogP contribution < -0.4 is 15.2 Å². The molecule has 1 aromatic rings. The second kappa shape index (κ2) is 16.7. The minimum Gasteiger partial charge on any atom is -0.468 e. The Morgan fingerprint density at radius 1 is 0.838 bits per heavy atom. The smallest absolute Gasteiger partial charge is 0.326 e. The fraction of sp³-hybridized carbons (Fsp3) is 0.643. The number of hydrogen-bond donors (Lipinski definition) is 1. The molecule has 0 heterocycles. The first-order chi connectivity index (χ1) is 17.6. The minimum atomic E-state index is -1.51. The SMILES string of the molecule is CCCCC(=O)Oc1ccc(C[C@](N)(CC(C)OC(=O)CCCC)C(=O)OC)cc1OC(=O)CCCC. The van der Waals surface area contributed by atoms with Gasteiger partial charge in [0.1, 0.15) is 11.6 Å². The monoisotopic (exact) mass is 521 g/mol. The van der Waals surface area contributed by atoms with E-state index in [0.717, 1.165) is 19.3 Å². The summed E-state index contributed by atoms with van der Waals surface area (Å²) in [6.07, 6.45) is 4.74. The van der Waals surface area contributed by atoms with Gasteiger partial charge in [-0.05, 0) is 43.9 Å². The average molecular weight is 522 g/mol. The Labute approximate surface area is 220 Å². The van der Waals surface area contributed by atoms with Crippen LogP contribution in [0.5, 0.6) is 11.5 Å².